The van der Waals surface area contributed by atoms with Gasteiger partial charge in [-0.1, -0.05) is 40.2 Å². The zero-order valence-corrected chi connectivity index (χ0v) is 13.0. The largest absolute Gasteiger partial charge is 0.345 e. The molecule has 1 amide bonds. The fourth-order valence-electron chi connectivity index (χ4n) is 2.81. The lowest BCUT2D eigenvalue weighted by atomic mass is 9.87. The summed E-state index contributed by atoms with van der Waals surface area (Å²) in [5.74, 6) is -0.868. The molecule has 1 unspecified atom stereocenters. The first-order valence-corrected chi connectivity index (χ1v) is 7.78. The number of fused-ring (bicyclic) bond motifs is 1. The van der Waals surface area contributed by atoms with E-state index >= 15 is 0 Å². The van der Waals surface area contributed by atoms with Crippen LogP contribution in [0.3, 0.4) is 0 Å². The maximum absolute atomic E-state index is 13.9. The van der Waals surface area contributed by atoms with E-state index in [2.05, 4.69) is 27.3 Å². The molecule has 0 spiro atoms. The topological polar surface area (TPSA) is 29.1 Å². The number of aryl methyl sites for hydroxylation is 1. The Morgan fingerprint density at radius 2 is 2.05 bits per heavy atom. The summed E-state index contributed by atoms with van der Waals surface area (Å²) < 4.78 is 14.5. The van der Waals surface area contributed by atoms with Crippen molar-refractivity contribution in [3.8, 4) is 0 Å². The fourth-order valence-corrected chi connectivity index (χ4v) is 3.15. The van der Waals surface area contributed by atoms with Gasteiger partial charge in [0.1, 0.15) is 5.82 Å². The maximum atomic E-state index is 13.9. The quantitative estimate of drug-likeness (QED) is 0.857. The number of hydrogen-bond acceptors (Lipinski definition) is 1. The molecule has 1 aliphatic carbocycles. The second-order valence-electron chi connectivity index (χ2n) is 5.24. The average molecular weight is 348 g/mol. The zero-order valence-electron chi connectivity index (χ0n) is 11.4. The van der Waals surface area contributed by atoms with Gasteiger partial charge in [0.25, 0.3) is 5.91 Å². The Hall–Kier alpha value is -1.68. The van der Waals surface area contributed by atoms with E-state index in [1.54, 1.807) is 6.07 Å². The normalized spacial score (nSPS) is 17.1. The lowest BCUT2D eigenvalue weighted by Crippen LogP contribution is -2.31. The van der Waals surface area contributed by atoms with Crippen LogP contribution in [0.15, 0.2) is 46.9 Å². The van der Waals surface area contributed by atoms with Crippen molar-refractivity contribution in [2.75, 3.05) is 0 Å². The summed E-state index contributed by atoms with van der Waals surface area (Å²) in [6.07, 6.45) is 2.96. The summed E-state index contributed by atoms with van der Waals surface area (Å²) in [4.78, 5) is 12.3. The Morgan fingerprint density at radius 1 is 1.24 bits per heavy atom. The number of hydrogen-bond donors (Lipinski definition) is 1. The van der Waals surface area contributed by atoms with Crippen LogP contribution in [0.5, 0.6) is 0 Å². The Labute approximate surface area is 131 Å². The van der Waals surface area contributed by atoms with Crippen molar-refractivity contribution < 1.29 is 9.18 Å². The molecule has 0 fully saturated rings. The smallest absolute Gasteiger partial charge is 0.254 e. The molecule has 0 heterocycles. The van der Waals surface area contributed by atoms with Gasteiger partial charge in [-0.05, 0) is 48.6 Å². The highest BCUT2D eigenvalue weighted by Crippen LogP contribution is 2.29. The van der Waals surface area contributed by atoms with E-state index in [0.29, 0.717) is 4.47 Å². The number of amides is 1. The summed E-state index contributed by atoms with van der Waals surface area (Å²) in [7, 11) is 0. The maximum Gasteiger partial charge on any atom is 0.254 e. The van der Waals surface area contributed by atoms with Gasteiger partial charge >= 0.3 is 0 Å². The fraction of sp³-hybridized carbons (Fsp3) is 0.235. The number of rotatable bonds is 2. The van der Waals surface area contributed by atoms with Crippen molar-refractivity contribution in [2.24, 2.45) is 0 Å². The number of benzene rings is 2. The summed E-state index contributed by atoms with van der Waals surface area (Å²) in [5, 5.41) is 2.96. The van der Waals surface area contributed by atoms with Crippen LogP contribution in [0.2, 0.25) is 0 Å². The molecule has 21 heavy (non-hydrogen) atoms. The second-order valence-corrected chi connectivity index (χ2v) is 6.16. The van der Waals surface area contributed by atoms with Crippen molar-refractivity contribution >= 4 is 21.8 Å². The van der Waals surface area contributed by atoms with Crippen molar-refractivity contribution in [1.29, 1.82) is 0 Å². The summed E-state index contributed by atoms with van der Waals surface area (Å²) in [5.41, 5.74) is 2.50. The molecule has 3 rings (SSSR count). The highest BCUT2D eigenvalue weighted by molar-refractivity contribution is 9.10. The molecule has 1 aliphatic rings. The third kappa shape index (κ3) is 3.00. The van der Waals surface area contributed by atoms with E-state index in [-0.39, 0.29) is 17.5 Å². The van der Waals surface area contributed by atoms with Crippen LogP contribution >= 0.6 is 15.9 Å². The number of carbonyl (C=O) groups is 1. The molecule has 1 atom stereocenters. The van der Waals surface area contributed by atoms with Crippen molar-refractivity contribution in [3.63, 3.8) is 0 Å². The van der Waals surface area contributed by atoms with Crippen LogP contribution in [0.4, 0.5) is 4.39 Å². The highest BCUT2D eigenvalue weighted by atomic mass is 79.9. The first kappa shape index (κ1) is 14.3. The molecule has 0 aromatic heterocycles. The van der Waals surface area contributed by atoms with Crippen LogP contribution in [-0.4, -0.2) is 5.91 Å². The van der Waals surface area contributed by atoms with Crippen LogP contribution in [0, 0.1) is 5.82 Å². The summed E-state index contributed by atoms with van der Waals surface area (Å²) in [6, 6.07) is 12.6. The molecule has 0 saturated heterocycles. The molecule has 2 nitrogen and oxygen atoms in total. The molecule has 0 aliphatic heterocycles. The Balaban J connectivity index is 1.83. The van der Waals surface area contributed by atoms with Crippen molar-refractivity contribution in [2.45, 2.75) is 25.3 Å². The van der Waals surface area contributed by atoms with Crippen LogP contribution < -0.4 is 5.32 Å². The van der Waals surface area contributed by atoms with Gasteiger partial charge in [-0.25, -0.2) is 4.39 Å². The van der Waals surface area contributed by atoms with Gasteiger partial charge in [-0.3, -0.25) is 4.79 Å². The molecule has 4 heteroatoms. The van der Waals surface area contributed by atoms with Crippen LogP contribution in [-0.2, 0) is 6.42 Å². The molecule has 108 valence electrons. The molecule has 2 aromatic carbocycles. The lowest BCUT2D eigenvalue weighted by molar-refractivity contribution is 0.0928. The average Bonchev–Trinajstić information content (AvgIpc) is 2.47. The van der Waals surface area contributed by atoms with Gasteiger partial charge in [0, 0.05) is 4.47 Å². The molecule has 0 radical (unpaired) electrons. The highest BCUT2D eigenvalue weighted by Gasteiger charge is 2.22. The van der Waals surface area contributed by atoms with Gasteiger partial charge < -0.3 is 5.32 Å². The minimum Gasteiger partial charge on any atom is -0.345 e. The van der Waals surface area contributed by atoms with E-state index < -0.39 is 5.82 Å². The summed E-state index contributed by atoms with van der Waals surface area (Å²) >= 11 is 3.19. The predicted octanol–water partition coefficient (Wildman–Crippen LogP) is 4.40. The zero-order chi connectivity index (χ0) is 14.8. The summed E-state index contributed by atoms with van der Waals surface area (Å²) in [6.45, 7) is 0. The third-order valence-corrected chi connectivity index (χ3v) is 4.34. The molecule has 2 aromatic rings. The monoisotopic (exact) mass is 347 g/mol. The number of carbonyl (C=O) groups excluding carboxylic acids is 1. The Kier molecular flexibility index (Phi) is 4.06. The lowest BCUT2D eigenvalue weighted by Gasteiger charge is -2.26. The van der Waals surface area contributed by atoms with Gasteiger partial charge in [-0.15, -0.1) is 0 Å². The number of halogens is 2. The van der Waals surface area contributed by atoms with E-state index in [9.17, 15) is 9.18 Å². The van der Waals surface area contributed by atoms with Gasteiger partial charge in [0.05, 0.1) is 11.6 Å². The standard InChI is InChI=1S/C17H15BrFNO/c18-12-8-9-14(15(19)10-12)17(21)20-16-7-3-5-11-4-1-2-6-13(11)16/h1-2,4,6,8-10,16H,3,5,7H2,(H,20,21). The van der Waals surface area contributed by atoms with E-state index in [1.165, 1.54) is 17.7 Å². The minimum absolute atomic E-state index is 0.0366. The first-order valence-electron chi connectivity index (χ1n) is 6.99. The van der Waals surface area contributed by atoms with Crippen LogP contribution in [0.1, 0.15) is 40.4 Å². The molecule has 1 N–H and O–H groups in total. The number of nitrogens with one attached hydrogen (secondary N) is 1. The van der Waals surface area contributed by atoms with Gasteiger partial charge in [-0.2, -0.15) is 0 Å². The Bertz CT molecular complexity index is 686. The second kappa shape index (κ2) is 5.98. The predicted molar refractivity (Wildman–Crippen MR) is 83.7 cm³/mol. The van der Waals surface area contributed by atoms with Gasteiger partial charge in [0.2, 0.25) is 0 Å². The van der Waals surface area contributed by atoms with Crippen molar-refractivity contribution in [1.82, 2.24) is 5.32 Å². The third-order valence-electron chi connectivity index (χ3n) is 3.85. The molecule has 0 saturated carbocycles. The van der Waals surface area contributed by atoms with Gasteiger partial charge in [0.15, 0.2) is 0 Å². The SMILES string of the molecule is O=C(NC1CCCc2ccccc21)c1ccc(Br)cc1F. The minimum atomic E-state index is -0.508. The molecular weight excluding hydrogens is 333 g/mol. The van der Waals surface area contributed by atoms with Crippen LogP contribution in [0.25, 0.3) is 0 Å². The molecule has 0 bridgehead atoms. The molecular formula is C17H15BrFNO. The van der Waals surface area contributed by atoms with E-state index in [1.807, 2.05) is 18.2 Å². The van der Waals surface area contributed by atoms with E-state index in [4.69, 9.17) is 0 Å². The van der Waals surface area contributed by atoms with Crippen molar-refractivity contribution in [3.05, 3.63) is 69.4 Å². The van der Waals surface area contributed by atoms with E-state index in [0.717, 1.165) is 24.8 Å². The first-order chi connectivity index (χ1) is 10.1. The Morgan fingerprint density at radius 3 is 2.86 bits per heavy atom.